The van der Waals surface area contributed by atoms with Gasteiger partial charge in [0.15, 0.2) is 0 Å². The summed E-state index contributed by atoms with van der Waals surface area (Å²) in [4.78, 5) is 26.9. The second kappa shape index (κ2) is 7.59. The topological polar surface area (TPSA) is 58.6 Å². The summed E-state index contributed by atoms with van der Waals surface area (Å²) in [7, 11) is 0. The van der Waals surface area contributed by atoms with Crippen LogP contribution in [-0.2, 0) is 9.53 Å². The minimum absolute atomic E-state index is 0.126. The lowest BCUT2D eigenvalue weighted by Gasteiger charge is -2.29. The summed E-state index contributed by atoms with van der Waals surface area (Å²) >= 11 is 0. The van der Waals surface area contributed by atoms with Crippen molar-refractivity contribution in [3.05, 3.63) is 48.0 Å². The van der Waals surface area contributed by atoms with Gasteiger partial charge in [-0.05, 0) is 56.9 Å². The molecule has 0 radical (unpaired) electrons. The molecular weight excluding hydrogens is 340 g/mol. The molecule has 1 heterocycles. The van der Waals surface area contributed by atoms with Crippen LogP contribution in [0, 0.1) is 0 Å². The monoisotopic (exact) mass is 368 g/mol. The number of hydrogen-bond acceptors (Lipinski definition) is 3. The van der Waals surface area contributed by atoms with Crippen molar-refractivity contribution >= 4 is 22.8 Å². The molecule has 5 heteroatoms. The van der Waals surface area contributed by atoms with E-state index in [2.05, 4.69) is 23.5 Å². The van der Waals surface area contributed by atoms with Gasteiger partial charge >= 0.3 is 6.09 Å². The minimum Gasteiger partial charge on any atom is -0.444 e. The maximum atomic E-state index is 12.9. The van der Waals surface area contributed by atoms with E-state index in [1.165, 1.54) is 0 Å². The van der Waals surface area contributed by atoms with Crippen LogP contribution in [0.1, 0.15) is 52.1 Å². The summed E-state index contributed by atoms with van der Waals surface area (Å²) in [6.07, 6.45) is 1.05. The number of amides is 2. The van der Waals surface area contributed by atoms with Crippen molar-refractivity contribution in [2.24, 2.45) is 0 Å². The first-order valence-corrected chi connectivity index (χ1v) is 9.54. The third-order valence-electron chi connectivity index (χ3n) is 4.83. The Bertz CT molecular complexity index is 836. The number of rotatable bonds is 3. The molecule has 5 nitrogen and oxygen atoms in total. The highest BCUT2D eigenvalue weighted by Crippen LogP contribution is 2.26. The lowest BCUT2D eigenvalue weighted by molar-refractivity contribution is -0.126. The Labute approximate surface area is 160 Å². The maximum absolute atomic E-state index is 12.9. The summed E-state index contributed by atoms with van der Waals surface area (Å²) in [5.74, 6) is -0.126. The number of carbonyl (C=O) groups excluding carboxylic acids is 2. The summed E-state index contributed by atoms with van der Waals surface area (Å²) in [6.45, 7) is 8.03. The zero-order valence-corrected chi connectivity index (χ0v) is 16.5. The van der Waals surface area contributed by atoms with Gasteiger partial charge in [-0.3, -0.25) is 9.69 Å². The Morgan fingerprint density at radius 2 is 1.85 bits per heavy atom. The van der Waals surface area contributed by atoms with E-state index in [-0.39, 0.29) is 11.9 Å². The molecule has 2 aromatic carbocycles. The van der Waals surface area contributed by atoms with Crippen LogP contribution < -0.4 is 5.32 Å². The van der Waals surface area contributed by atoms with Crippen LogP contribution in [0.25, 0.3) is 10.8 Å². The Morgan fingerprint density at radius 3 is 2.59 bits per heavy atom. The first kappa shape index (κ1) is 19.2. The van der Waals surface area contributed by atoms with Crippen molar-refractivity contribution in [3.8, 4) is 0 Å². The molecule has 1 saturated heterocycles. The highest BCUT2D eigenvalue weighted by molar-refractivity contribution is 5.89. The van der Waals surface area contributed by atoms with Crippen LogP contribution in [0.3, 0.4) is 0 Å². The number of benzene rings is 2. The molecule has 0 aromatic heterocycles. The highest BCUT2D eigenvalue weighted by Gasteiger charge is 2.37. The van der Waals surface area contributed by atoms with Crippen molar-refractivity contribution in [1.29, 1.82) is 0 Å². The molecule has 2 amide bonds. The Morgan fingerprint density at radius 1 is 1.15 bits per heavy atom. The molecule has 27 heavy (non-hydrogen) atoms. The second-order valence-electron chi connectivity index (χ2n) is 8.13. The van der Waals surface area contributed by atoms with Crippen molar-refractivity contribution in [1.82, 2.24) is 10.2 Å². The molecule has 2 aromatic rings. The fourth-order valence-electron chi connectivity index (χ4n) is 3.59. The van der Waals surface area contributed by atoms with Gasteiger partial charge in [0.25, 0.3) is 0 Å². The van der Waals surface area contributed by atoms with Gasteiger partial charge in [-0.1, -0.05) is 42.5 Å². The van der Waals surface area contributed by atoms with Crippen LogP contribution in [-0.4, -0.2) is 35.1 Å². The van der Waals surface area contributed by atoms with Gasteiger partial charge in [0.05, 0.1) is 6.04 Å². The van der Waals surface area contributed by atoms with Gasteiger partial charge in [0, 0.05) is 6.54 Å². The van der Waals surface area contributed by atoms with E-state index in [4.69, 9.17) is 4.74 Å². The van der Waals surface area contributed by atoms with Crippen molar-refractivity contribution in [3.63, 3.8) is 0 Å². The first-order chi connectivity index (χ1) is 12.8. The predicted octanol–water partition coefficient (Wildman–Crippen LogP) is 4.42. The van der Waals surface area contributed by atoms with Gasteiger partial charge in [0.2, 0.25) is 5.91 Å². The number of likely N-dealkylation sites (tertiary alicyclic amines) is 1. The van der Waals surface area contributed by atoms with Crippen molar-refractivity contribution in [2.45, 2.75) is 58.2 Å². The van der Waals surface area contributed by atoms with E-state index in [0.717, 1.165) is 22.8 Å². The maximum Gasteiger partial charge on any atom is 0.410 e. The smallest absolute Gasteiger partial charge is 0.410 e. The molecule has 1 unspecified atom stereocenters. The first-order valence-electron chi connectivity index (χ1n) is 9.54. The molecule has 0 aliphatic carbocycles. The number of carbonyl (C=O) groups is 2. The van der Waals surface area contributed by atoms with Crippen LogP contribution in [0.2, 0.25) is 0 Å². The molecule has 2 atom stereocenters. The van der Waals surface area contributed by atoms with E-state index >= 15 is 0 Å². The molecule has 1 aliphatic heterocycles. The Hall–Kier alpha value is -2.56. The summed E-state index contributed by atoms with van der Waals surface area (Å²) in [6, 6.07) is 13.6. The summed E-state index contributed by atoms with van der Waals surface area (Å²) in [5.41, 5.74) is 0.500. The lowest BCUT2D eigenvalue weighted by Crippen LogP contribution is -2.48. The number of nitrogens with zero attached hydrogens (tertiary/aromatic N) is 1. The number of ether oxygens (including phenoxy) is 1. The average molecular weight is 368 g/mol. The predicted molar refractivity (Wildman–Crippen MR) is 106 cm³/mol. The molecule has 0 spiro atoms. The standard InChI is InChI=1S/C22H28N2O3/c1-15(17-12-7-10-16-9-5-6-11-18(16)17)23-20(25)19-13-8-14-24(19)21(26)27-22(2,3)4/h5-7,9-12,15,19H,8,13-14H2,1-4H3,(H,23,25)/t15?,19-/m0/s1. The molecule has 1 aliphatic rings. The van der Waals surface area contributed by atoms with Crippen LogP contribution in [0.4, 0.5) is 4.79 Å². The fraction of sp³-hybridized carbons (Fsp3) is 0.455. The number of hydrogen-bond donors (Lipinski definition) is 1. The van der Waals surface area contributed by atoms with Gasteiger partial charge in [0.1, 0.15) is 11.6 Å². The Balaban J connectivity index is 1.73. The Kier molecular flexibility index (Phi) is 5.40. The molecule has 144 valence electrons. The zero-order chi connectivity index (χ0) is 19.6. The number of nitrogens with one attached hydrogen (secondary N) is 1. The molecule has 0 saturated carbocycles. The van der Waals surface area contributed by atoms with Crippen LogP contribution in [0.15, 0.2) is 42.5 Å². The third kappa shape index (κ3) is 4.41. The SMILES string of the molecule is CC(NC(=O)[C@@H]1CCCN1C(=O)OC(C)(C)C)c1cccc2ccccc12. The van der Waals surface area contributed by atoms with Crippen LogP contribution >= 0.6 is 0 Å². The lowest BCUT2D eigenvalue weighted by atomic mass is 9.99. The van der Waals surface area contributed by atoms with E-state index in [0.29, 0.717) is 13.0 Å². The summed E-state index contributed by atoms with van der Waals surface area (Å²) < 4.78 is 5.46. The van der Waals surface area contributed by atoms with Crippen molar-refractivity contribution < 1.29 is 14.3 Å². The molecular formula is C22H28N2O3. The van der Waals surface area contributed by atoms with Gasteiger partial charge < -0.3 is 10.1 Å². The van der Waals surface area contributed by atoms with E-state index in [9.17, 15) is 9.59 Å². The summed E-state index contributed by atoms with van der Waals surface area (Å²) in [5, 5.41) is 5.36. The van der Waals surface area contributed by atoms with Gasteiger partial charge in [-0.25, -0.2) is 4.79 Å². The van der Waals surface area contributed by atoms with Gasteiger partial charge in [-0.15, -0.1) is 0 Å². The second-order valence-corrected chi connectivity index (χ2v) is 8.13. The van der Waals surface area contributed by atoms with Gasteiger partial charge in [-0.2, -0.15) is 0 Å². The molecule has 0 bridgehead atoms. The largest absolute Gasteiger partial charge is 0.444 e. The van der Waals surface area contributed by atoms with E-state index in [1.54, 1.807) is 4.90 Å². The minimum atomic E-state index is -0.572. The normalized spacial score (nSPS) is 18.4. The molecule has 1 N–H and O–H groups in total. The number of fused-ring (bicyclic) bond motifs is 1. The average Bonchev–Trinajstić information content (AvgIpc) is 3.10. The fourth-order valence-corrected chi connectivity index (χ4v) is 3.59. The zero-order valence-electron chi connectivity index (χ0n) is 16.5. The van der Waals surface area contributed by atoms with E-state index in [1.807, 2.05) is 52.0 Å². The molecule has 3 rings (SSSR count). The van der Waals surface area contributed by atoms with Crippen LogP contribution in [0.5, 0.6) is 0 Å². The highest BCUT2D eigenvalue weighted by atomic mass is 16.6. The quantitative estimate of drug-likeness (QED) is 0.873. The molecule has 1 fully saturated rings. The van der Waals surface area contributed by atoms with E-state index < -0.39 is 17.7 Å². The van der Waals surface area contributed by atoms with Crippen molar-refractivity contribution in [2.75, 3.05) is 6.54 Å². The third-order valence-corrected chi connectivity index (χ3v) is 4.83.